The molecule has 0 fully saturated rings. The summed E-state index contributed by atoms with van der Waals surface area (Å²) in [6.45, 7) is 1.23. The Labute approximate surface area is 190 Å². The normalized spacial score (nSPS) is 13.3. The van der Waals surface area contributed by atoms with Crippen LogP contribution in [0.15, 0.2) is 42.5 Å². The third-order valence-electron chi connectivity index (χ3n) is 5.27. The first-order valence-corrected chi connectivity index (χ1v) is 10.2. The van der Waals surface area contributed by atoms with Gasteiger partial charge in [0, 0.05) is 18.7 Å². The van der Waals surface area contributed by atoms with E-state index in [0.29, 0.717) is 17.0 Å². The first-order valence-electron chi connectivity index (χ1n) is 10.2. The highest BCUT2D eigenvalue weighted by Crippen LogP contribution is 2.29. The number of imide groups is 1. The molecule has 10 nitrogen and oxygen atoms in total. The first kappa shape index (κ1) is 23.5. The van der Waals surface area contributed by atoms with Crippen LogP contribution in [-0.4, -0.2) is 47.6 Å². The second kappa shape index (κ2) is 9.94. The molecule has 1 atom stereocenters. The Kier molecular flexibility index (Phi) is 7.07. The first-order chi connectivity index (χ1) is 15.7. The number of carbonyl (C=O) groups is 5. The van der Waals surface area contributed by atoms with E-state index in [1.807, 2.05) is 0 Å². The van der Waals surface area contributed by atoms with Crippen molar-refractivity contribution in [3.05, 3.63) is 59.2 Å². The monoisotopic (exact) mass is 452 g/mol. The van der Waals surface area contributed by atoms with Crippen molar-refractivity contribution in [2.75, 3.05) is 12.4 Å². The van der Waals surface area contributed by atoms with E-state index >= 15 is 0 Å². The minimum Gasteiger partial charge on any atom is -0.497 e. The largest absolute Gasteiger partial charge is 0.497 e. The molecule has 2 aromatic rings. The van der Waals surface area contributed by atoms with Crippen LogP contribution < -0.4 is 21.1 Å². The zero-order valence-electron chi connectivity index (χ0n) is 18.2. The Morgan fingerprint density at radius 1 is 1.06 bits per heavy atom. The van der Waals surface area contributed by atoms with Crippen molar-refractivity contribution in [1.82, 2.24) is 10.2 Å². The summed E-state index contributed by atoms with van der Waals surface area (Å²) in [6, 6.07) is 9.84. The highest BCUT2D eigenvalue weighted by Gasteiger charge is 2.42. The molecule has 0 radical (unpaired) electrons. The third-order valence-corrected chi connectivity index (χ3v) is 5.27. The summed E-state index contributed by atoms with van der Waals surface area (Å²) >= 11 is 0. The van der Waals surface area contributed by atoms with E-state index < -0.39 is 35.6 Å². The second-order valence-electron chi connectivity index (χ2n) is 7.49. The van der Waals surface area contributed by atoms with Crippen molar-refractivity contribution in [2.24, 2.45) is 5.73 Å². The Bertz CT molecular complexity index is 1110. The Morgan fingerprint density at radius 3 is 2.36 bits per heavy atom. The van der Waals surface area contributed by atoms with E-state index in [1.165, 1.54) is 20.1 Å². The number of rotatable bonds is 9. The molecule has 3 rings (SSSR count). The average Bonchev–Trinajstić information content (AvgIpc) is 3.03. The van der Waals surface area contributed by atoms with Crippen LogP contribution in [-0.2, 0) is 16.1 Å². The summed E-state index contributed by atoms with van der Waals surface area (Å²) in [5.41, 5.74) is 6.40. The molecule has 1 heterocycles. The van der Waals surface area contributed by atoms with Gasteiger partial charge in [0.05, 0.1) is 24.3 Å². The van der Waals surface area contributed by atoms with Gasteiger partial charge in [0.25, 0.3) is 11.8 Å². The molecule has 10 heteroatoms. The number of ketones is 1. The number of amides is 5. The van der Waals surface area contributed by atoms with Crippen LogP contribution in [0.4, 0.5) is 10.5 Å². The number of fused-ring (bicyclic) bond motifs is 1. The number of carbonyl (C=O) groups excluding carboxylic acids is 5. The number of Topliss-reactive ketones (excluding diaryl/α,β-unsaturated/α-hetero) is 1. The maximum absolute atomic E-state index is 13.1. The summed E-state index contributed by atoms with van der Waals surface area (Å²) in [5.74, 6) is -1.68. The van der Waals surface area contributed by atoms with E-state index in [9.17, 15) is 24.0 Å². The maximum Gasteiger partial charge on any atom is 0.319 e. The van der Waals surface area contributed by atoms with Crippen molar-refractivity contribution in [2.45, 2.75) is 32.4 Å². The number of anilines is 1. The van der Waals surface area contributed by atoms with Gasteiger partial charge in [-0.25, -0.2) is 4.79 Å². The quantitative estimate of drug-likeness (QED) is 0.495. The second-order valence-corrected chi connectivity index (χ2v) is 7.49. The molecule has 1 aliphatic rings. The van der Waals surface area contributed by atoms with E-state index in [0.717, 1.165) is 4.90 Å². The van der Waals surface area contributed by atoms with Gasteiger partial charge in [0.2, 0.25) is 5.91 Å². The number of methoxy groups -OCH3 is 1. The van der Waals surface area contributed by atoms with Gasteiger partial charge in [-0.05, 0) is 49.2 Å². The number of hydrogen-bond acceptors (Lipinski definition) is 6. The number of urea groups is 1. The molecule has 0 saturated heterocycles. The standard InChI is InChI=1S/C23H24N4O6/c1-13(28)18(10-11-19(24)29)27-21(30)17-5-3-4-14(20(17)22(27)31)12-25-23(32)26-15-6-8-16(33-2)9-7-15/h3-9,18H,10-12H2,1-2H3,(H2,24,29)(H2,25,26,32). The molecule has 0 aromatic heterocycles. The summed E-state index contributed by atoms with van der Waals surface area (Å²) in [7, 11) is 1.54. The van der Waals surface area contributed by atoms with Crippen LogP contribution in [0.2, 0.25) is 0 Å². The molecule has 1 unspecified atom stereocenters. The van der Waals surface area contributed by atoms with Gasteiger partial charge in [-0.2, -0.15) is 0 Å². The van der Waals surface area contributed by atoms with Gasteiger partial charge in [-0.3, -0.25) is 24.1 Å². The van der Waals surface area contributed by atoms with Crippen LogP contribution in [0.3, 0.4) is 0 Å². The molecule has 4 N–H and O–H groups in total. The van der Waals surface area contributed by atoms with Crippen molar-refractivity contribution in [3.63, 3.8) is 0 Å². The molecule has 33 heavy (non-hydrogen) atoms. The Hall–Kier alpha value is -4.21. The van der Waals surface area contributed by atoms with Crippen molar-refractivity contribution < 1.29 is 28.7 Å². The van der Waals surface area contributed by atoms with Crippen LogP contribution in [0.25, 0.3) is 0 Å². The number of nitrogens with two attached hydrogens (primary N) is 1. The minimum absolute atomic E-state index is 0.0238. The number of benzene rings is 2. The highest BCUT2D eigenvalue weighted by molar-refractivity contribution is 6.23. The number of primary amides is 1. The predicted octanol–water partition coefficient (Wildman–Crippen LogP) is 1.84. The van der Waals surface area contributed by atoms with Crippen LogP contribution in [0.5, 0.6) is 5.75 Å². The number of hydrogen-bond donors (Lipinski definition) is 3. The molecule has 1 aliphatic heterocycles. The van der Waals surface area contributed by atoms with Crippen molar-refractivity contribution >= 4 is 35.2 Å². The fourth-order valence-corrected chi connectivity index (χ4v) is 3.62. The Balaban J connectivity index is 1.74. The van der Waals surface area contributed by atoms with Gasteiger partial charge in [-0.15, -0.1) is 0 Å². The molecule has 0 spiro atoms. The van der Waals surface area contributed by atoms with Gasteiger partial charge in [0.15, 0.2) is 5.78 Å². The summed E-state index contributed by atoms with van der Waals surface area (Å²) in [6.07, 6.45) is -0.189. The predicted molar refractivity (Wildman–Crippen MR) is 119 cm³/mol. The molecule has 0 aliphatic carbocycles. The van der Waals surface area contributed by atoms with E-state index in [4.69, 9.17) is 10.5 Å². The van der Waals surface area contributed by atoms with Crippen LogP contribution in [0.1, 0.15) is 46.0 Å². The molecule has 0 bridgehead atoms. The van der Waals surface area contributed by atoms with E-state index in [-0.39, 0.29) is 30.5 Å². The fraction of sp³-hybridized carbons (Fsp3) is 0.261. The number of nitrogens with zero attached hydrogens (tertiary/aromatic N) is 1. The number of ether oxygens (including phenoxy) is 1. The minimum atomic E-state index is -1.09. The van der Waals surface area contributed by atoms with Crippen LogP contribution >= 0.6 is 0 Å². The molecular formula is C23H24N4O6. The summed E-state index contributed by atoms with van der Waals surface area (Å²) in [4.78, 5) is 62.5. The third kappa shape index (κ3) is 5.17. The van der Waals surface area contributed by atoms with Gasteiger partial charge < -0.3 is 21.1 Å². The highest BCUT2D eigenvalue weighted by atomic mass is 16.5. The lowest BCUT2D eigenvalue weighted by Crippen LogP contribution is -2.44. The molecule has 172 valence electrons. The zero-order chi connectivity index (χ0) is 24.1. The van der Waals surface area contributed by atoms with Crippen molar-refractivity contribution in [3.8, 4) is 5.75 Å². The van der Waals surface area contributed by atoms with Gasteiger partial charge in [-0.1, -0.05) is 12.1 Å². The topological polar surface area (TPSA) is 148 Å². The molecular weight excluding hydrogens is 428 g/mol. The average molecular weight is 452 g/mol. The summed E-state index contributed by atoms with van der Waals surface area (Å²) < 4.78 is 5.07. The van der Waals surface area contributed by atoms with Crippen LogP contribution in [0, 0.1) is 0 Å². The smallest absolute Gasteiger partial charge is 0.319 e. The fourth-order valence-electron chi connectivity index (χ4n) is 3.62. The lowest BCUT2D eigenvalue weighted by Gasteiger charge is -2.23. The van der Waals surface area contributed by atoms with Gasteiger partial charge >= 0.3 is 6.03 Å². The Morgan fingerprint density at radius 2 is 1.76 bits per heavy atom. The summed E-state index contributed by atoms with van der Waals surface area (Å²) in [5, 5.41) is 5.32. The van der Waals surface area contributed by atoms with Crippen molar-refractivity contribution in [1.29, 1.82) is 0 Å². The van der Waals surface area contributed by atoms with E-state index in [2.05, 4.69) is 10.6 Å². The number of nitrogens with one attached hydrogen (secondary N) is 2. The van der Waals surface area contributed by atoms with Gasteiger partial charge in [0.1, 0.15) is 5.75 Å². The molecule has 0 saturated carbocycles. The SMILES string of the molecule is COc1ccc(NC(=O)NCc2cccc3c2C(=O)N(C(CCC(N)=O)C(C)=O)C3=O)cc1. The lowest BCUT2D eigenvalue weighted by atomic mass is 10.0. The lowest BCUT2D eigenvalue weighted by molar-refractivity contribution is -0.122. The maximum atomic E-state index is 13.1. The molecule has 5 amide bonds. The molecule has 2 aromatic carbocycles. The van der Waals surface area contributed by atoms with E-state index in [1.54, 1.807) is 36.4 Å². The zero-order valence-corrected chi connectivity index (χ0v) is 18.2.